The minimum atomic E-state index is -0.174. The lowest BCUT2D eigenvalue weighted by Crippen LogP contribution is -2.24. The van der Waals surface area contributed by atoms with Gasteiger partial charge in [-0.2, -0.15) is 0 Å². The van der Waals surface area contributed by atoms with Crippen LogP contribution < -0.4 is 5.56 Å². The SMILES string of the molecule is Cc1cccc(-n2c(=O)c3cc(-c4ccccc4)n(-c4ccco4)c3n(-c3cccc(C)c3)c2=S)c1. The van der Waals surface area contributed by atoms with Crippen LogP contribution in [0.15, 0.2) is 113 Å². The molecular formula is C30H23N3O2S. The van der Waals surface area contributed by atoms with E-state index in [1.165, 1.54) is 0 Å². The van der Waals surface area contributed by atoms with Crippen molar-refractivity contribution in [1.82, 2.24) is 13.7 Å². The quantitative estimate of drug-likeness (QED) is 0.246. The van der Waals surface area contributed by atoms with E-state index in [2.05, 4.69) is 6.07 Å². The Morgan fingerprint density at radius 1 is 0.694 bits per heavy atom. The number of hydrogen-bond acceptors (Lipinski definition) is 3. The summed E-state index contributed by atoms with van der Waals surface area (Å²) in [6.07, 6.45) is 1.63. The van der Waals surface area contributed by atoms with Crippen LogP contribution >= 0.6 is 12.2 Å². The second-order valence-corrected chi connectivity index (χ2v) is 9.22. The van der Waals surface area contributed by atoms with Crippen LogP contribution in [0.3, 0.4) is 0 Å². The van der Waals surface area contributed by atoms with Gasteiger partial charge in [0.1, 0.15) is 5.65 Å². The number of rotatable bonds is 4. The summed E-state index contributed by atoms with van der Waals surface area (Å²) in [5.74, 6) is 0.604. The molecular weight excluding hydrogens is 466 g/mol. The number of aromatic nitrogens is 3. The maximum absolute atomic E-state index is 14.1. The molecule has 0 saturated carbocycles. The zero-order chi connectivity index (χ0) is 24.8. The molecule has 3 aromatic carbocycles. The molecule has 6 aromatic rings. The third kappa shape index (κ3) is 3.54. The van der Waals surface area contributed by atoms with Crippen LogP contribution in [0.2, 0.25) is 0 Å². The topological polar surface area (TPSA) is 45.0 Å². The molecule has 0 unspecified atom stereocenters. The molecule has 0 spiro atoms. The van der Waals surface area contributed by atoms with Crippen molar-refractivity contribution in [2.24, 2.45) is 0 Å². The zero-order valence-corrected chi connectivity index (χ0v) is 20.7. The average Bonchev–Trinajstić information content (AvgIpc) is 3.53. The van der Waals surface area contributed by atoms with Gasteiger partial charge >= 0.3 is 0 Å². The Bertz CT molecular complexity index is 1840. The van der Waals surface area contributed by atoms with Crippen LogP contribution in [0.4, 0.5) is 0 Å². The molecule has 3 heterocycles. The first-order valence-corrected chi connectivity index (χ1v) is 12.1. The van der Waals surface area contributed by atoms with Gasteiger partial charge in [-0.25, -0.2) is 0 Å². The Hall–Kier alpha value is -4.42. The molecule has 0 aliphatic carbocycles. The maximum Gasteiger partial charge on any atom is 0.268 e. The first-order chi connectivity index (χ1) is 17.5. The summed E-state index contributed by atoms with van der Waals surface area (Å²) in [4.78, 5) is 14.1. The van der Waals surface area contributed by atoms with Gasteiger partial charge in [-0.15, -0.1) is 0 Å². The van der Waals surface area contributed by atoms with Crippen LogP contribution in [0.5, 0.6) is 0 Å². The van der Waals surface area contributed by atoms with E-state index < -0.39 is 0 Å². The van der Waals surface area contributed by atoms with Crippen molar-refractivity contribution >= 4 is 23.3 Å². The largest absolute Gasteiger partial charge is 0.448 e. The molecule has 0 amide bonds. The van der Waals surface area contributed by atoms with Crippen molar-refractivity contribution in [2.75, 3.05) is 0 Å². The van der Waals surface area contributed by atoms with Crippen molar-refractivity contribution in [2.45, 2.75) is 13.8 Å². The minimum absolute atomic E-state index is 0.174. The highest BCUT2D eigenvalue weighted by Gasteiger charge is 2.23. The Labute approximate surface area is 213 Å². The normalized spacial score (nSPS) is 11.3. The van der Waals surface area contributed by atoms with Gasteiger partial charge in [0.2, 0.25) is 5.88 Å². The van der Waals surface area contributed by atoms with E-state index in [-0.39, 0.29) is 5.56 Å². The number of benzene rings is 3. The van der Waals surface area contributed by atoms with Gasteiger partial charge in [0, 0.05) is 6.07 Å². The van der Waals surface area contributed by atoms with Crippen LogP contribution in [-0.4, -0.2) is 13.7 Å². The summed E-state index contributed by atoms with van der Waals surface area (Å²) in [7, 11) is 0. The molecule has 0 saturated heterocycles. The highest BCUT2D eigenvalue weighted by Crippen LogP contribution is 2.32. The molecule has 3 aromatic heterocycles. The zero-order valence-electron chi connectivity index (χ0n) is 19.9. The van der Waals surface area contributed by atoms with E-state index in [4.69, 9.17) is 16.6 Å². The van der Waals surface area contributed by atoms with E-state index in [0.717, 1.165) is 33.8 Å². The van der Waals surface area contributed by atoms with Crippen molar-refractivity contribution in [3.63, 3.8) is 0 Å². The van der Waals surface area contributed by atoms with Gasteiger partial charge in [0.15, 0.2) is 4.77 Å². The molecule has 176 valence electrons. The monoisotopic (exact) mass is 489 g/mol. The van der Waals surface area contributed by atoms with Crippen molar-refractivity contribution in [1.29, 1.82) is 0 Å². The van der Waals surface area contributed by atoms with Crippen LogP contribution in [-0.2, 0) is 0 Å². The molecule has 5 nitrogen and oxygen atoms in total. The van der Waals surface area contributed by atoms with Gasteiger partial charge in [0.25, 0.3) is 5.56 Å². The number of nitrogens with zero attached hydrogens (tertiary/aromatic N) is 3. The molecule has 0 N–H and O–H groups in total. The molecule has 0 atom stereocenters. The molecule has 0 fully saturated rings. The lowest BCUT2D eigenvalue weighted by atomic mass is 10.1. The number of hydrogen-bond donors (Lipinski definition) is 0. The van der Waals surface area contributed by atoms with Crippen molar-refractivity contribution < 1.29 is 4.42 Å². The van der Waals surface area contributed by atoms with Gasteiger partial charge in [-0.1, -0.05) is 54.6 Å². The lowest BCUT2D eigenvalue weighted by molar-refractivity contribution is 0.542. The van der Waals surface area contributed by atoms with E-state index in [1.807, 2.05) is 114 Å². The second kappa shape index (κ2) is 8.66. The fraction of sp³-hybridized carbons (Fsp3) is 0.0667. The number of fused-ring (bicyclic) bond motifs is 1. The van der Waals surface area contributed by atoms with E-state index in [1.54, 1.807) is 10.8 Å². The van der Waals surface area contributed by atoms with Gasteiger partial charge < -0.3 is 4.42 Å². The first-order valence-electron chi connectivity index (χ1n) is 11.7. The molecule has 6 heteroatoms. The standard InChI is InChI=1S/C30H23N3O2S/c1-20-9-6-13-23(17-20)31-28-25(29(34)32(30(31)36)24-14-7-10-21(2)18-24)19-26(22-11-4-3-5-12-22)33(28)27-15-8-16-35-27/h3-19H,1-2H3. The Morgan fingerprint density at radius 3 is 1.97 bits per heavy atom. The molecule has 6 rings (SSSR count). The van der Waals surface area contributed by atoms with Crippen LogP contribution in [0, 0.1) is 18.6 Å². The van der Waals surface area contributed by atoms with Gasteiger partial charge in [0.05, 0.1) is 28.7 Å². The van der Waals surface area contributed by atoms with Gasteiger partial charge in [-0.3, -0.25) is 18.5 Å². The van der Waals surface area contributed by atoms with E-state index >= 15 is 0 Å². The molecule has 0 radical (unpaired) electrons. The summed E-state index contributed by atoms with van der Waals surface area (Å²) in [6, 6.07) is 31.6. The number of aryl methyl sites for hydroxylation is 2. The van der Waals surface area contributed by atoms with E-state index in [0.29, 0.717) is 21.7 Å². The summed E-state index contributed by atoms with van der Waals surface area (Å²) in [5.41, 5.74) is 6.05. The third-order valence-corrected chi connectivity index (χ3v) is 6.68. The molecule has 0 aliphatic heterocycles. The molecule has 0 aliphatic rings. The Balaban J connectivity index is 1.85. The molecule has 36 heavy (non-hydrogen) atoms. The Morgan fingerprint density at radius 2 is 1.36 bits per heavy atom. The third-order valence-electron chi connectivity index (χ3n) is 6.32. The highest BCUT2D eigenvalue weighted by atomic mass is 32.1. The summed E-state index contributed by atoms with van der Waals surface area (Å²) in [5, 5.41) is 0.543. The maximum atomic E-state index is 14.1. The molecule has 0 bridgehead atoms. The van der Waals surface area contributed by atoms with E-state index in [9.17, 15) is 4.79 Å². The fourth-order valence-corrected chi connectivity index (χ4v) is 5.09. The fourth-order valence-electron chi connectivity index (χ4n) is 4.71. The van der Waals surface area contributed by atoms with Gasteiger partial charge in [-0.05, 0) is 79.2 Å². The smallest absolute Gasteiger partial charge is 0.268 e. The van der Waals surface area contributed by atoms with Crippen LogP contribution in [0.25, 0.3) is 39.5 Å². The minimum Gasteiger partial charge on any atom is -0.448 e. The highest BCUT2D eigenvalue weighted by molar-refractivity contribution is 7.71. The lowest BCUT2D eigenvalue weighted by Gasteiger charge is -2.17. The predicted molar refractivity (Wildman–Crippen MR) is 146 cm³/mol. The summed E-state index contributed by atoms with van der Waals surface area (Å²) >= 11 is 6.05. The summed E-state index contributed by atoms with van der Waals surface area (Å²) < 4.78 is 11.8. The summed E-state index contributed by atoms with van der Waals surface area (Å²) in [6.45, 7) is 4.05. The average molecular weight is 490 g/mol. The van der Waals surface area contributed by atoms with Crippen LogP contribution in [0.1, 0.15) is 11.1 Å². The Kier molecular flexibility index (Phi) is 5.31. The predicted octanol–water partition coefficient (Wildman–Crippen LogP) is 7.18. The van der Waals surface area contributed by atoms with Crippen molar-refractivity contribution in [3.05, 3.63) is 130 Å². The van der Waals surface area contributed by atoms with Crippen molar-refractivity contribution in [3.8, 4) is 28.5 Å². The second-order valence-electron chi connectivity index (χ2n) is 8.86. The first kappa shape index (κ1) is 22.1. The number of furan rings is 1.